The van der Waals surface area contributed by atoms with Crippen molar-refractivity contribution in [2.75, 3.05) is 18.0 Å². The minimum absolute atomic E-state index is 0.0583. The summed E-state index contributed by atoms with van der Waals surface area (Å²) in [5.74, 6) is 0.0499. The molecular formula is C20H26N4O2. The van der Waals surface area contributed by atoms with Crippen molar-refractivity contribution in [3.63, 3.8) is 0 Å². The Morgan fingerprint density at radius 2 is 1.96 bits per heavy atom. The van der Waals surface area contributed by atoms with Gasteiger partial charge in [0, 0.05) is 25.3 Å². The molecule has 0 aliphatic carbocycles. The Kier molecular flexibility index (Phi) is 4.85. The molecule has 0 radical (unpaired) electrons. The van der Waals surface area contributed by atoms with Crippen LogP contribution in [0.4, 0.5) is 5.69 Å². The number of para-hydroxylation sites is 1. The molecule has 26 heavy (non-hydrogen) atoms. The summed E-state index contributed by atoms with van der Waals surface area (Å²) in [4.78, 5) is 29.2. The molecule has 1 aromatic carbocycles. The first-order valence-electron chi connectivity index (χ1n) is 9.00. The molecule has 0 spiro atoms. The molecular weight excluding hydrogens is 328 g/mol. The maximum Gasteiger partial charge on any atom is 0.272 e. The summed E-state index contributed by atoms with van der Waals surface area (Å²) in [5, 5.41) is 4.42. The van der Waals surface area contributed by atoms with Crippen LogP contribution in [0.5, 0.6) is 0 Å². The number of aromatic nitrogens is 2. The van der Waals surface area contributed by atoms with Crippen molar-refractivity contribution in [1.29, 1.82) is 0 Å². The Balaban J connectivity index is 1.83. The number of carbonyl (C=O) groups is 2. The zero-order valence-electron chi connectivity index (χ0n) is 16.1. The zero-order chi connectivity index (χ0) is 19.0. The van der Waals surface area contributed by atoms with E-state index in [2.05, 4.69) is 5.10 Å². The molecule has 1 aliphatic heterocycles. The highest BCUT2D eigenvalue weighted by Crippen LogP contribution is 2.25. The average Bonchev–Trinajstić information content (AvgIpc) is 2.99. The summed E-state index contributed by atoms with van der Waals surface area (Å²) >= 11 is 0. The smallest absolute Gasteiger partial charge is 0.272 e. The molecule has 6 heteroatoms. The number of rotatable bonds is 3. The summed E-state index contributed by atoms with van der Waals surface area (Å²) in [6, 6.07) is 9.60. The van der Waals surface area contributed by atoms with Gasteiger partial charge < -0.3 is 9.80 Å². The zero-order valence-corrected chi connectivity index (χ0v) is 16.1. The molecule has 1 atom stereocenters. The first-order valence-corrected chi connectivity index (χ1v) is 9.00. The van der Waals surface area contributed by atoms with Crippen molar-refractivity contribution in [3.8, 4) is 0 Å². The van der Waals surface area contributed by atoms with Crippen LogP contribution in [0.3, 0.4) is 0 Å². The van der Waals surface area contributed by atoms with Crippen LogP contribution in [0.2, 0.25) is 0 Å². The molecule has 1 fully saturated rings. The Labute approximate surface area is 154 Å². The van der Waals surface area contributed by atoms with E-state index in [-0.39, 0.29) is 30.3 Å². The number of carbonyl (C=O) groups excluding carboxylic acids is 2. The van der Waals surface area contributed by atoms with Gasteiger partial charge >= 0.3 is 0 Å². The van der Waals surface area contributed by atoms with E-state index in [0.29, 0.717) is 12.2 Å². The second-order valence-corrected chi connectivity index (χ2v) is 7.31. The topological polar surface area (TPSA) is 58.4 Å². The monoisotopic (exact) mass is 354 g/mol. The minimum atomic E-state index is -0.141. The van der Waals surface area contributed by atoms with Gasteiger partial charge in [-0.3, -0.25) is 14.3 Å². The van der Waals surface area contributed by atoms with E-state index in [1.54, 1.807) is 21.5 Å². The maximum atomic E-state index is 13.0. The van der Waals surface area contributed by atoms with Gasteiger partial charge in [0.05, 0.1) is 5.69 Å². The van der Waals surface area contributed by atoms with Crippen LogP contribution in [-0.2, 0) is 11.8 Å². The third-order valence-electron chi connectivity index (χ3n) is 4.96. The molecule has 2 heterocycles. The number of hydrogen-bond donors (Lipinski definition) is 0. The van der Waals surface area contributed by atoms with Gasteiger partial charge in [0.1, 0.15) is 12.2 Å². The molecule has 1 saturated heterocycles. The average molecular weight is 354 g/mol. The fourth-order valence-corrected chi connectivity index (χ4v) is 3.34. The second-order valence-electron chi connectivity index (χ2n) is 7.31. The first kappa shape index (κ1) is 18.2. The Morgan fingerprint density at radius 1 is 1.27 bits per heavy atom. The van der Waals surface area contributed by atoms with Gasteiger partial charge in [-0.15, -0.1) is 0 Å². The highest BCUT2D eigenvalue weighted by atomic mass is 16.2. The predicted molar refractivity (Wildman–Crippen MR) is 101 cm³/mol. The van der Waals surface area contributed by atoms with Gasteiger partial charge in [-0.25, -0.2) is 0 Å². The number of amides is 2. The van der Waals surface area contributed by atoms with Gasteiger partial charge in [-0.2, -0.15) is 5.10 Å². The predicted octanol–water partition coefficient (Wildman–Crippen LogP) is 2.73. The van der Waals surface area contributed by atoms with Gasteiger partial charge in [0.15, 0.2) is 0 Å². The Morgan fingerprint density at radius 3 is 2.58 bits per heavy atom. The van der Waals surface area contributed by atoms with E-state index in [1.165, 1.54) is 0 Å². The fraction of sp³-hybridized carbons (Fsp3) is 0.450. The molecule has 0 saturated carbocycles. The van der Waals surface area contributed by atoms with Crippen molar-refractivity contribution in [2.24, 2.45) is 7.05 Å². The Hall–Kier alpha value is -2.63. The van der Waals surface area contributed by atoms with Gasteiger partial charge in [0.25, 0.3) is 5.91 Å². The number of aryl methyl sites for hydroxylation is 2. The quantitative estimate of drug-likeness (QED) is 0.851. The second kappa shape index (κ2) is 6.94. The van der Waals surface area contributed by atoms with Crippen LogP contribution in [-0.4, -0.2) is 45.6 Å². The minimum Gasteiger partial charge on any atom is -0.323 e. The molecule has 2 amide bonds. The van der Waals surface area contributed by atoms with Crippen molar-refractivity contribution < 1.29 is 9.59 Å². The van der Waals surface area contributed by atoms with E-state index in [9.17, 15) is 9.59 Å². The largest absolute Gasteiger partial charge is 0.323 e. The van der Waals surface area contributed by atoms with Crippen LogP contribution in [0.1, 0.15) is 48.4 Å². The summed E-state index contributed by atoms with van der Waals surface area (Å²) in [5.41, 5.74) is 3.38. The lowest BCUT2D eigenvalue weighted by Crippen LogP contribution is -2.57. The van der Waals surface area contributed by atoms with E-state index in [0.717, 1.165) is 16.9 Å². The van der Waals surface area contributed by atoms with Crippen LogP contribution < -0.4 is 4.90 Å². The number of benzene rings is 1. The van der Waals surface area contributed by atoms with Crippen LogP contribution in [0.25, 0.3) is 0 Å². The standard InChI is InChI=1S/C20H26N4O2/c1-13(2)16-10-18(22(5)21-16)20(26)23-12-19(25)24(11-15(23)4)17-9-7-6-8-14(17)3/h6-10,13,15H,11-12H2,1-5H3. The van der Waals surface area contributed by atoms with Crippen LogP contribution >= 0.6 is 0 Å². The van der Waals surface area contributed by atoms with E-state index in [4.69, 9.17) is 0 Å². The normalized spacial score (nSPS) is 17.9. The summed E-state index contributed by atoms with van der Waals surface area (Å²) in [6.07, 6.45) is 0. The van der Waals surface area contributed by atoms with Crippen molar-refractivity contribution in [2.45, 2.75) is 39.7 Å². The molecule has 3 rings (SSSR count). The van der Waals surface area contributed by atoms with Crippen LogP contribution in [0, 0.1) is 6.92 Å². The van der Waals surface area contributed by atoms with E-state index in [1.807, 2.05) is 58.0 Å². The third-order valence-corrected chi connectivity index (χ3v) is 4.96. The molecule has 1 unspecified atom stereocenters. The molecule has 0 bridgehead atoms. The molecule has 138 valence electrons. The summed E-state index contributed by atoms with van der Waals surface area (Å²) in [6.45, 7) is 8.64. The Bertz CT molecular complexity index is 840. The molecule has 0 N–H and O–H groups in total. The SMILES string of the molecule is Cc1ccccc1N1CC(C)N(C(=O)c2cc(C(C)C)nn2C)CC1=O. The van der Waals surface area contributed by atoms with Crippen molar-refractivity contribution in [3.05, 3.63) is 47.3 Å². The highest BCUT2D eigenvalue weighted by molar-refractivity contribution is 6.01. The number of anilines is 1. The summed E-state index contributed by atoms with van der Waals surface area (Å²) < 4.78 is 1.61. The van der Waals surface area contributed by atoms with Gasteiger partial charge in [-0.05, 0) is 37.5 Å². The number of hydrogen-bond acceptors (Lipinski definition) is 3. The molecule has 6 nitrogen and oxygen atoms in total. The van der Waals surface area contributed by atoms with Crippen molar-refractivity contribution >= 4 is 17.5 Å². The number of nitrogens with zero attached hydrogens (tertiary/aromatic N) is 4. The van der Waals surface area contributed by atoms with Crippen molar-refractivity contribution in [1.82, 2.24) is 14.7 Å². The molecule has 2 aromatic rings. The summed E-state index contributed by atoms with van der Waals surface area (Å²) in [7, 11) is 1.77. The van der Waals surface area contributed by atoms with E-state index < -0.39 is 0 Å². The lowest BCUT2D eigenvalue weighted by Gasteiger charge is -2.39. The first-order chi connectivity index (χ1) is 12.3. The molecule has 1 aromatic heterocycles. The van der Waals surface area contributed by atoms with Gasteiger partial charge in [0.2, 0.25) is 5.91 Å². The van der Waals surface area contributed by atoms with Gasteiger partial charge in [-0.1, -0.05) is 32.0 Å². The van der Waals surface area contributed by atoms with Crippen LogP contribution in [0.15, 0.2) is 30.3 Å². The highest BCUT2D eigenvalue weighted by Gasteiger charge is 2.35. The number of piperazine rings is 1. The molecule has 1 aliphatic rings. The van der Waals surface area contributed by atoms with E-state index >= 15 is 0 Å². The lowest BCUT2D eigenvalue weighted by molar-refractivity contribution is -0.121. The lowest BCUT2D eigenvalue weighted by atomic mass is 10.1. The third kappa shape index (κ3) is 3.23. The maximum absolute atomic E-state index is 13.0. The fourth-order valence-electron chi connectivity index (χ4n) is 3.34.